The van der Waals surface area contributed by atoms with Crippen LogP contribution in [0.2, 0.25) is 5.02 Å². The molecule has 1 atom stereocenters. The fourth-order valence-corrected chi connectivity index (χ4v) is 4.13. The first kappa shape index (κ1) is 21.0. The summed E-state index contributed by atoms with van der Waals surface area (Å²) in [6.45, 7) is 3.72. The molecular formula is C22H23ClN4O4. The predicted molar refractivity (Wildman–Crippen MR) is 114 cm³/mol. The molecule has 2 aliphatic rings. The summed E-state index contributed by atoms with van der Waals surface area (Å²) in [4.78, 5) is 42.0. The number of carbonyl (C=O) groups excluding carboxylic acids is 3. The molecule has 0 fully saturated rings. The number of likely N-dealkylation sites (N-methyl/N-ethyl adjacent to an activating group) is 1. The van der Waals surface area contributed by atoms with Gasteiger partial charge in [0, 0.05) is 12.1 Å². The number of furan rings is 1. The van der Waals surface area contributed by atoms with E-state index in [2.05, 4.69) is 10.6 Å². The summed E-state index contributed by atoms with van der Waals surface area (Å²) >= 11 is 6.36. The molecule has 2 N–H and O–H groups in total. The van der Waals surface area contributed by atoms with Crippen LogP contribution in [0.1, 0.15) is 31.2 Å². The maximum Gasteiger partial charge on any atom is 0.322 e. The van der Waals surface area contributed by atoms with E-state index >= 15 is 0 Å². The topological polar surface area (TPSA) is 94.9 Å². The molecule has 31 heavy (non-hydrogen) atoms. The van der Waals surface area contributed by atoms with E-state index in [9.17, 15) is 14.4 Å². The first-order valence-corrected chi connectivity index (χ1v) is 10.2. The van der Waals surface area contributed by atoms with Crippen LogP contribution in [0.4, 0.5) is 4.79 Å². The van der Waals surface area contributed by atoms with Gasteiger partial charge in [-0.15, -0.1) is 0 Å². The smallest absolute Gasteiger partial charge is 0.322 e. The minimum absolute atomic E-state index is 0.139. The molecule has 1 aromatic heterocycles. The third-order valence-electron chi connectivity index (χ3n) is 5.81. The Hall–Kier alpha value is -3.26. The van der Waals surface area contributed by atoms with Crippen molar-refractivity contribution in [2.24, 2.45) is 0 Å². The van der Waals surface area contributed by atoms with Crippen molar-refractivity contribution in [3.05, 3.63) is 70.3 Å². The first-order chi connectivity index (χ1) is 14.7. The van der Waals surface area contributed by atoms with Gasteiger partial charge in [-0.25, -0.2) is 4.79 Å². The van der Waals surface area contributed by atoms with Crippen molar-refractivity contribution in [3.8, 4) is 0 Å². The molecule has 9 heteroatoms. The zero-order valence-electron chi connectivity index (χ0n) is 17.4. The Morgan fingerprint density at radius 2 is 2.00 bits per heavy atom. The lowest BCUT2D eigenvalue weighted by molar-refractivity contribution is -0.142. The van der Waals surface area contributed by atoms with E-state index in [1.165, 1.54) is 16.1 Å². The molecule has 0 spiro atoms. The van der Waals surface area contributed by atoms with E-state index in [-0.39, 0.29) is 30.9 Å². The highest BCUT2D eigenvalue weighted by Gasteiger charge is 2.49. The van der Waals surface area contributed by atoms with Crippen LogP contribution in [0.25, 0.3) is 0 Å². The van der Waals surface area contributed by atoms with Crippen LogP contribution in [-0.4, -0.2) is 46.8 Å². The Kier molecular flexibility index (Phi) is 5.26. The second-order valence-electron chi connectivity index (χ2n) is 8.04. The van der Waals surface area contributed by atoms with E-state index in [1.54, 1.807) is 57.3 Å². The largest absolute Gasteiger partial charge is 0.467 e. The summed E-state index contributed by atoms with van der Waals surface area (Å²) in [5, 5.41) is 6.12. The predicted octanol–water partition coefficient (Wildman–Crippen LogP) is 2.82. The number of benzene rings is 1. The quantitative estimate of drug-likeness (QED) is 0.744. The number of nitrogens with one attached hydrogen (secondary N) is 2. The van der Waals surface area contributed by atoms with E-state index in [1.807, 2.05) is 0 Å². The van der Waals surface area contributed by atoms with Gasteiger partial charge in [0.1, 0.15) is 11.3 Å². The van der Waals surface area contributed by atoms with Gasteiger partial charge in [-0.1, -0.05) is 29.8 Å². The summed E-state index contributed by atoms with van der Waals surface area (Å²) in [7, 11) is 1.61. The van der Waals surface area contributed by atoms with Crippen molar-refractivity contribution >= 4 is 29.4 Å². The number of amides is 4. The average molecular weight is 443 g/mol. The van der Waals surface area contributed by atoms with Crippen LogP contribution in [0, 0.1) is 0 Å². The van der Waals surface area contributed by atoms with Crippen molar-refractivity contribution < 1.29 is 18.8 Å². The van der Waals surface area contributed by atoms with Gasteiger partial charge in [-0.2, -0.15) is 0 Å². The Morgan fingerprint density at radius 3 is 2.68 bits per heavy atom. The van der Waals surface area contributed by atoms with Crippen LogP contribution >= 0.6 is 11.6 Å². The minimum Gasteiger partial charge on any atom is -0.467 e. The van der Waals surface area contributed by atoms with Gasteiger partial charge in [0.2, 0.25) is 5.91 Å². The molecule has 3 heterocycles. The van der Waals surface area contributed by atoms with E-state index in [0.717, 1.165) is 0 Å². The van der Waals surface area contributed by atoms with E-state index < -0.39 is 11.6 Å². The molecule has 162 valence electrons. The lowest BCUT2D eigenvalue weighted by Crippen LogP contribution is -2.56. The molecule has 4 amide bonds. The van der Waals surface area contributed by atoms with Gasteiger partial charge in [-0.05, 0) is 37.6 Å². The van der Waals surface area contributed by atoms with E-state index in [4.69, 9.17) is 16.0 Å². The van der Waals surface area contributed by atoms with Crippen molar-refractivity contribution in [1.29, 1.82) is 0 Å². The van der Waals surface area contributed by atoms with Crippen molar-refractivity contribution in [2.75, 3.05) is 13.6 Å². The number of nitrogens with zero attached hydrogens (tertiary/aromatic N) is 2. The number of hydrogen-bond donors (Lipinski definition) is 2. The molecule has 2 aromatic rings. The Morgan fingerprint density at radius 1 is 1.26 bits per heavy atom. The fourth-order valence-electron chi connectivity index (χ4n) is 3.88. The Labute approximate surface area is 184 Å². The highest BCUT2D eigenvalue weighted by molar-refractivity contribution is 6.31. The zero-order chi connectivity index (χ0) is 22.3. The van der Waals surface area contributed by atoms with Crippen molar-refractivity contribution in [2.45, 2.75) is 32.0 Å². The number of urea groups is 1. The normalized spacial score (nSPS) is 18.9. The molecule has 8 nitrogen and oxygen atoms in total. The van der Waals surface area contributed by atoms with Gasteiger partial charge >= 0.3 is 6.03 Å². The molecule has 0 saturated heterocycles. The maximum absolute atomic E-state index is 13.5. The van der Waals surface area contributed by atoms with Crippen LogP contribution in [0.3, 0.4) is 0 Å². The molecule has 0 bridgehead atoms. The molecular weight excluding hydrogens is 420 g/mol. The average Bonchev–Trinajstić information content (AvgIpc) is 3.38. The standard InChI is InChI=1S/C22H23ClN4O4/c1-22(2,20(29)24-11-13-7-6-10-31-13)27-12-16-17(19(27)28)18(25-21(30)26(16)3)14-8-4-5-9-15(14)23/h4-10,18H,11-12H2,1-3H3,(H,24,29)(H,25,30). The number of carbonyl (C=O) groups is 3. The zero-order valence-corrected chi connectivity index (χ0v) is 18.2. The number of rotatable bonds is 5. The van der Waals surface area contributed by atoms with Gasteiger partial charge in [0.25, 0.3) is 5.91 Å². The highest BCUT2D eigenvalue weighted by atomic mass is 35.5. The summed E-state index contributed by atoms with van der Waals surface area (Å²) < 4.78 is 5.25. The number of halogens is 1. The summed E-state index contributed by atoms with van der Waals surface area (Å²) in [6.07, 6.45) is 1.53. The fraction of sp³-hybridized carbons (Fsp3) is 0.318. The monoisotopic (exact) mass is 442 g/mol. The molecule has 0 aliphatic carbocycles. The molecule has 1 unspecified atom stereocenters. The van der Waals surface area contributed by atoms with Crippen LogP contribution in [0.5, 0.6) is 0 Å². The molecule has 0 radical (unpaired) electrons. The molecule has 1 aromatic carbocycles. The summed E-state index contributed by atoms with van der Waals surface area (Å²) in [5.74, 6) is -0.0270. The SMILES string of the molecule is CN1C(=O)NC(c2ccccc2Cl)C2=C1CN(C(C)(C)C(=O)NCc1ccco1)C2=O. The van der Waals surface area contributed by atoms with Crippen LogP contribution in [0.15, 0.2) is 58.3 Å². The molecule has 4 rings (SSSR count). The first-order valence-electron chi connectivity index (χ1n) is 9.86. The second kappa shape index (κ2) is 7.77. The molecule has 0 saturated carbocycles. The van der Waals surface area contributed by atoms with Crippen molar-refractivity contribution in [3.63, 3.8) is 0 Å². The van der Waals surface area contributed by atoms with Gasteiger partial charge < -0.3 is 20.0 Å². The molecule has 2 aliphatic heterocycles. The lowest BCUT2D eigenvalue weighted by Gasteiger charge is -2.34. The van der Waals surface area contributed by atoms with Gasteiger partial charge in [0.15, 0.2) is 0 Å². The van der Waals surface area contributed by atoms with Crippen molar-refractivity contribution in [1.82, 2.24) is 20.4 Å². The Bertz CT molecular complexity index is 1080. The minimum atomic E-state index is -1.16. The van der Waals surface area contributed by atoms with Crippen LogP contribution < -0.4 is 10.6 Å². The Balaban J connectivity index is 1.62. The second-order valence-corrected chi connectivity index (χ2v) is 8.44. The van der Waals surface area contributed by atoms with E-state index in [0.29, 0.717) is 27.6 Å². The maximum atomic E-state index is 13.5. The summed E-state index contributed by atoms with van der Waals surface area (Å²) in [5.41, 5.74) is 0.455. The summed E-state index contributed by atoms with van der Waals surface area (Å²) in [6, 6.07) is 9.55. The van der Waals surface area contributed by atoms with Crippen LogP contribution in [-0.2, 0) is 16.1 Å². The highest BCUT2D eigenvalue weighted by Crippen LogP contribution is 2.40. The lowest BCUT2D eigenvalue weighted by atomic mass is 9.95. The van der Waals surface area contributed by atoms with Gasteiger partial charge in [-0.3, -0.25) is 14.5 Å². The van der Waals surface area contributed by atoms with Gasteiger partial charge in [0.05, 0.1) is 36.7 Å². The third kappa shape index (κ3) is 3.57. The number of hydrogen-bond acceptors (Lipinski definition) is 4. The third-order valence-corrected chi connectivity index (χ3v) is 6.15.